The Morgan fingerprint density at radius 1 is 1.40 bits per heavy atom. The lowest BCUT2D eigenvalue weighted by atomic mass is 9.89. The van der Waals surface area contributed by atoms with Gasteiger partial charge in [0.25, 0.3) is 0 Å². The van der Waals surface area contributed by atoms with E-state index in [0.717, 1.165) is 42.0 Å². The molecular formula is C15H19NO3S. The predicted octanol–water partition coefficient (Wildman–Crippen LogP) is 3.08. The molecule has 2 aliphatic rings. The van der Waals surface area contributed by atoms with Gasteiger partial charge in [0.1, 0.15) is 0 Å². The maximum absolute atomic E-state index is 12.0. The number of nitrogens with one attached hydrogen (secondary N) is 1. The van der Waals surface area contributed by atoms with Crippen molar-refractivity contribution < 1.29 is 14.3 Å². The van der Waals surface area contributed by atoms with Gasteiger partial charge in [-0.3, -0.25) is 9.59 Å². The van der Waals surface area contributed by atoms with E-state index >= 15 is 0 Å². The van der Waals surface area contributed by atoms with Gasteiger partial charge in [0.15, 0.2) is 0 Å². The third-order valence-corrected chi connectivity index (χ3v) is 5.07. The van der Waals surface area contributed by atoms with Gasteiger partial charge in [0, 0.05) is 10.8 Å². The van der Waals surface area contributed by atoms with Crippen LogP contribution in [-0.2, 0) is 20.7 Å². The van der Waals surface area contributed by atoms with Gasteiger partial charge in [0.2, 0.25) is 5.91 Å². The molecule has 1 fully saturated rings. The molecule has 1 amide bonds. The summed E-state index contributed by atoms with van der Waals surface area (Å²) in [6, 6.07) is 2.03. The van der Waals surface area contributed by atoms with Gasteiger partial charge in [-0.15, -0.1) is 11.3 Å². The number of thiophene rings is 1. The largest absolute Gasteiger partial charge is 0.465 e. The van der Waals surface area contributed by atoms with E-state index in [1.54, 1.807) is 0 Å². The van der Waals surface area contributed by atoms with Crippen LogP contribution in [0.2, 0.25) is 0 Å². The van der Waals surface area contributed by atoms with E-state index in [4.69, 9.17) is 4.74 Å². The molecule has 2 aliphatic carbocycles. The Balaban J connectivity index is 1.77. The molecule has 0 aliphatic heterocycles. The second-order valence-corrected chi connectivity index (χ2v) is 6.54. The van der Waals surface area contributed by atoms with E-state index in [2.05, 4.69) is 5.32 Å². The standard InChI is InChI=1S/C15H19NO3S/c1-2-19-15(18)11-5-3-4-10-8-12(20-13(10)11)16-14(17)9-6-7-9/h8-9,11H,2-7H2,1H3,(H,16,17). The zero-order chi connectivity index (χ0) is 14.1. The highest BCUT2D eigenvalue weighted by atomic mass is 32.1. The fourth-order valence-electron chi connectivity index (χ4n) is 2.66. The summed E-state index contributed by atoms with van der Waals surface area (Å²) < 4.78 is 5.16. The molecular weight excluding hydrogens is 274 g/mol. The number of hydrogen-bond donors (Lipinski definition) is 1. The lowest BCUT2D eigenvalue weighted by molar-refractivity contribution is -0.145. The molecule has 0 spiro atoms. The van der Waals surface area contributed by atoms with Crippen LogP contribution in [-0.4, -0.2) is 18.5 Å². The molecule has 1 aromatic heterocycles. The van der Waals surface area contributed by atoms with Gasteiger partial charge in [0.05, 0.1) is 17.5 Å². The summed E-state index contributed by atoms with van der Waals surface area (Å²) >= 11 is 1.54. The second kappa shape index (κ2) is 5.56. The molecule has 0 saturated heterocycles. The lowest BCUT2D eigenvalue weighted by Gasteiger charge is -2.20. The minimum atomic E-state index is -0.143. The number of anilines is 1. The Labute approximate surface area is 122 Å². The van der Waals surface area contributed by atoms with Gasteiger partial charge in [-0.25, -0.2) is 0 Å². The van der Waals surface area contributed by atoms with Gasteiger partial charge in [-0.1, -0.05) is 0 Å². The number of carbonyl (C=O) groups is 2. The van der Waals surface area contributed by atoms with E-state index in [1.807, 2.05) is 13.0 Å². The first-order valence-electron chi connectivity index (χ1n) is 7.29. The normalized spacial score (nSPS) is 21.1. The zero-order valence-corrected chi connectivity index (χ0v) is 12.4. The van der Waals surface area contributed by atoms with Crippen LogP contribution in [0, 0.1) is 5.92 Å². The quantitative estimate of drug-likeness (QED) is 0.868. The van der Waals surface area contributed by atoms with Crippen molar-refractivity contribution in [1.29, 1.82) is 0 Å². The molecule has 3 rings (SSSR count). The number of aryl methyl sites for hydroxylation is 1. The summed E-state index contributed by atoms with van der Waals surface area (Å²) in [5, 5.41) is 3.86. The summed E-state index contributed by atoms with van der Waals surface area (Å²) in [7, 11) is 0. The SMILES string of the molecule is CCOC(=O)C1CCCc2cc(NC(=O)C3CC3)sc21. The van der Waals surface area contributed by atoms with Crippen molar-refractivity contribution in [3.05, 3.63) is 16.5 Å². The minimum Gasteiger partial charge on any atom is -0.465 e. The van der Waals surface area contributed by atoms with Crippen LogP contribution >= 0.6 is 11.3 Å². The predicted molar refractivity (Wildman–Crippen MR) is 78.0 cm³/mol. The van der Waals surface area contributed by atoms with Crippen LogP contribution in [0.3, 0.4) is 0 Å². The van der Waals surface area contributed by atoms with Gasteiger partial charge in [-0.2, -0.15) is 0 Å². The van der Waals surface area contributed by atoms with Crippen LogP contribution in [0.25, 0.3) is 0 Å². The molecule has 1 aromatic rings. The van der Waals surface area contributed by atoms with E-state index in [-0.39, 0.29) is 23.7 Å². The van der Waals surface area contributed by atoms with Crippen molar-refractivity contribution in [1.82, 2.24) is 0 Å². The van der Waals surface area contributed by atoms with Crippen LogP contribution in [0.15, 0.2) is 6.07 Å². The summed E-state index contributed by atoms with van der Waals surface area (Å²) in [6.45, 7) is 2.25. The molecule has 1 saturated carbocycles. The van der Waals surface area contributed by atoms with Crippen molar-refractivity contribution in [2.24, 2.45) is 5.92 Å². The summed E-state index contributed by atoms with van der Waals surface area (Å²) in [4.78, 5) is 24.9. The van der Waals surface area contributed by atoms with Gasteiger partial charge in [-0.05, 0) is 50.7 Å². The average Bonchev–Trinajstić information content (AvgIpc) is 3.19. The first-order valence-corrected chi connectivity index (χ1v) is 8.10. The number of hydrogen-bond acceptors (Lipinski definition) is 4. The molecule has 1 heterocycles. The smallest absolute Gasteiger partial charge is 0.314 e. The van der Waals surface area contributed by atoms with Crippen LogP contribution < -0.4 is 5.32 Å². The van der Waals surface area contributed by atoms with Crippen molar-refractivity contribution in [2.75, 3.05) is 11.9 Å². The first kappa shape index (κ1) is 13.6. The number of fused-ring (bicyclic) bond motifs is 1. The molecule has 108 valence electrons. The Kier molecular flexibility index (Phi) is 3.78. The van der Waals surface area contributed by atoms with Crippen LogP contribution in [0.1, 0.15) is 49.0 Å². The number of rotatable bonds is 4. The lowest BCUT2D eigenvalue weighted by Crippen LogP contribution is -2.19. The van der Waals surface area contributed by atoms with E-state index in [0.29, 0.717) is 6.61 Å². The monoisotopic (exact) mass is 293 g/mol. The number of carbonyl (C=O) groups excluding carboxylic acids is 2. The summed E-state index contributed by atoms with van der Waals surface area (Å²) in [6.07, 6.45) is 4.84. The molecule has 1 atom stereocenters. The zero-order valence-electron chi connectivity index (χ0n) is 11.6. The van der Waals surface area contributed by atoms with Crippen molar-refractivity contribution in [2.45, 2.75) is 44.9 Å². The average molecular weight is 293 g/mol. The number of ether oxygens (including phenoxy) is 1. The fourth-order valence-corrected chi connectivity index (χ4v) is 3.90. The first-order chi connectivity index (χ1) is 9.69. The molecule has 0 aromatic carbocycles. The van der Waals surface area contributed by atoms with Gasteiger partial charge >= 0.3 is 5.97 Å². The second-order valence-electron chi connectivity index (χ2n) is 5.46. The molecule has 0 radical (unpaired) electrons. The number of esters is 1. The maximum atomic E-state index is 12.0. The Bertz CT molecular complexity index is 533. The maximum Gasteiger partial charge on any atom is 0.314 e. The van der Waals surface area contributed by atoms with E-state index < -0.39 is 0 Å². The van der Waals surface area contributed by atoms with E-state index in [9.17, 15) is 9.59 Å². The fraction of sp³-hybridized carbons (Fsp3) is 0.600. The van der Waals surface area contributed by atoms with Crippen molar-refractivity contribution in [3.8, 4) is 0 Å². The Hall–Kier alpha value is -1.36. The van der Waals surface area contributed by atoms with Crippen LogP contribution in [0.4, 0.5) is 5.00 Å². The molecule has 0 bridgehead atoms. The molecule has 1 unspecified atom stereocenters. The minimum absolute atomic E-state index is 0.122. The summed E-state index contributed by atoms with van der Waals surface area (Å²) in [5.41, 5.74) is 1.20. The third kappa shape index (κ3) is 2.73. The highest BCUT2D eigenvalue weighted by molar-refractivity contribution is 7.16. The Morgan fingerprint density at radius 3 is 2.90 bits per heavy atom. The topological polar surface area (TPSA) is 55.4 Å². The summed E-state index contributed by atoms with van der Waals surface area (Å²) in [5.74, 6) is 0.0527. The van der Waals surface area contributed by atoms with Crippen molar-refractivity contribution >= 4 is 28.2 Å². The van der Waals surface area contributed by atoms with Gasteiger partial charge < -0.3 is 10.1 Å². The highest BCUT2D eigenvalue weighted by Crippen LogP contribution is 2.41. The number of amides is 1. The Morgan fingerprint density at radius 2 is 2.20 bits per heavy atom. The van der Waals surface area contributed by atoms with Crippen molar-refractivity contribution in [3.63, 3.8) is 0 Å². The molecule has 5 heteroatoms. The van der Waals surface area contributed by atoms with Crippen LogP contribution in [0.5, 0.6) is 0 Å². The molecule has 20 heavy (non-hydrogen) atoms. The molecule has 1 N–H and O–H groups in total. The third-order valence-electron chi connectivity index (χ3n) is 3.86. The van der Waals surface area contributed by atoms with E-state index in [1.165, 1.54) is 16.9 Å². The highest BCUT2D eigenvalue weighted by Gasteiger charge is 2.32. The molecule has 4 nitrogen and oxygen atoms in total.